The predicted octanol–water partition coefficient (Wildman–Crippen LogP) is 2.18. The van der Waals surface area contributed by atoms with Gasteiger partial charge in [0.15, 0.2) is 0 Å². The number of nitrogens with zero attached hydrogens (tertiary/aromatic N) is 1. The van der Waals surface area contributed by atoms with Gasteiger partial charge in [-0.25, -0.2) is 0 Å². The Labute approximate surface area is 62.7 Å². The summed E-state index contributed by atoms with van der Waals surface area (Å²) < 4.78 is 16.9. The largest absolute Gasteiger partial charge is 0.356 e. The summed E-state index contributed by atoms with van der Waals surface area (Å²) in [5, 5.41) is 1.70. The van der Waals surface area contributed by atoms with Gasteiger partial charge >= 0.3 is 0 Å². The van der Waals surface area contributed by atoms with Gasteiger partial charge in [0.25, 0.3) is 0 Å². The molecule has 0 fully saturated rings. The van der Waals surface area contributed by atoms with Crippen LogP contribution in [0.4, 0.5) is 0 Å². The van der Waals surface area contributed by atoms with Crippen molar-refractivity contribution in [2.45, 2.75) is 0 Å². The van der Waals surface area contributed by atoms with E-state index in [0.717, 1.165) is 10.8 Å². The molecule has 2 rings (SSSR count). The van der Waals surface area contributed by atoms with E-state index in [-0.39, 0.29) is 0 Å². The number of aromatic nitrogens is 1. The molecule has 0 aliphatic heterocycles. The van der Waals surface area contributed by atoms with E-state index >= 15 is 0 Å². The summed E-state index contributed by atoms with van der Waals surface area (Å²) in [6, 6.07) is 7.52. The molecular formula is C9H9N. The van der Waals surface area contributed by atoms with Crippen LogP contribution in [0.2, 0.25) is 0 Å². The fraction of sp³-hybridized carbons (Fsp3) is 0.111. The van der Waals surface area contributed by atoms with Gasteiger partial charge in [0, 0.05) is 19.4 Å². The third kappa shape index (κ3) is 0.711. The lowest BCUT2D eigenvalue weighted by molar-refractivity contribution is 0.933. The maximum absolute atomic E-state index is 7.65. The second-order valence-electron chi connectivity index (χ2n) is 2.33. The van der Waals surface area contributed by atoms with Crippen LogP contribution in [0.5, 0.6) is 0 Å². The molecule has 0 saturated heterocycles. The average Bonchev–Trinajstić information content (AvgIpc) is 2.33. The Kier molecular flexibility index (Phi) is 0.714. The second-order valence-corrected chi connectivity index (χ2v) is 2.33. The van der Waals surface area contributed by atoms with E-state index < -0.39 is 0 Å². The SMILES string of the molecule is [2H]c1c2ccccc2c([2H])n1C. The highest BCUT2D eigenvalue weighted by Crippen LogP contribution is 2.12. The van der Waals surface area contributed by atoms with Crippen molar-refractivity contribution in [1.82, 2.24) is 4.57 Å². The molecule has 0 aliphatic rings. The van der Waals surface area contributed by atoms with Crippen molar-refractivity contribution < 1.29 is 2.74 Å². The van der Waals surface area contributed by atoms with Gasteiger partial charge in [-0.1, -0.05) is 24.3 Å². The zero-order chi connectivity index (χ0) is 8.72. The minimum atomic E-state index is 0.413. The van der Waals surface area contributed by atoms with Gasteiger partial charge in [0.05, 0.1) is 2.74 Å². The highest BCUT2D eigenvalue weighted by molar-refractivity contribution is 5.81. The van der Waals surface area contributed by atoms with Crippen LogP contribution >= 0.6 is 0 Å². The topological polar surface area (TPSA) is 4.93 Å². The van der Waals surface area contributed by atoms with Crippen molar-refractivity contribution in [3.63, 3.8) is 0 Å². The predicted molar refractivity (Wildman–Crippen MR) is 42.9 cm³/mol. The van der Waals surface area contributed by atoms with Crippen molar-refractivity contribution in [3.05, 3.63) is 36.6 Å². The van der Waals surface area contributed by atoms with E-state index in [1.165, 1.54) is 0 Å². The third-order valence-electron chi connectivity index (χ3n) is 1.50. The Morgan fingerprint density at radius 1 is 1.20 bits per heavy atom. The number of hydrogen-bond acceptors (Lipinski definition) is 0. The Balaban J connectivity index is 2.99. The summed E-state index contributed by atoms with van der Waals surface area (Å²) in [4.78, 5) is 0. The van der Waals surface area contributed by atoms with E-state index in [2.05, 4.69) is 0 Å². The Bertz CT molecular complexity index is 392. The third-order valence-corrected chi connectivity index (χ3v) is 1.50. The van der Waals surface area contributed by atoms with Gasteiger partial charge in [-0.3, -0.25) is 0 Å². The van der Waals surface area contributed by atoms with Crippen LogP contribution in [0.15, 0.2) is 36.6 Å². The molecule has 0 aliphatic carbocycles. The lowest BCUT2D eigenvalue weighted by Gasteiger charge is -1.81. The Morgan fingerprint density at radius 3 is 2.20 bits per heavy atom. The standard InChI is InChI=1S/C9H9N/c1-10-6-8-4-2-3-5-9(8)7-10/h2-7H,1H3/i6D,7D. The van der Waals surface area contributed by atoms with Crippen molar-refractivity contribution in [2.24, 2.45) is 7.05 Å². The molecule has 0 N–H and O–H groups in total. The zero-order valence-electron chi connectivity index (χ0n) is 7.76. The van der Waals surface area contributed by atoms with Crippen LogP contribution in [0.1, 0.15) is 2.74 Å². The molecule has 1 aromatic heterocycles. The molecule has 0 saturated carbocycles. The lowest BCUT2D eigenvalue weighted by atomic mass is 10.2. The van der Waals surface area contributed by atoms with Gasteiger partial charge in [-0.05, 0) is 10.8 Å². The quantitative estimate of drug-likeness (QED) is 0.519. The van der Waals surface area contributed by atoms with E-state index in [0.29, 0.717) is 12.3 Å². The molecule has 1 heterocycles. The van der Waals surface area contributed by atoms with Gasteiger partial charge < -0.3 is 4.57 Å². The first kappa shape index (κ1) is 3.81. The second kappa shape index (κ2) is 1.87. The summed E-state index contributed by atoms with van der Waals surface area (Å²) in [5.74, 6) is 0. The fourth-order valence-corrected chi connectivity index (χ4v) is 1.07. The van der Waals surface area contributed by atoms with Gasteiger partial charge in [-0.2, -0.15) is 0 Å². The number of hydrogen-bond donors (Lipinski definition) is 0. The highest BCUT2D eigenvalue weighted by Gasteiger charge is 1.91. The number of benzene rings is 1. The van der Waals surface area contributed by atoms with Crippen molar-refractivity contribution in [2.75, 3.05) is 0 Å². The molecule has 0 unspecified atom stereocenters. The van der Waals surface area contributed by atoms with Crippen LogP contribution in [0.3, 0.4) is 0 Å². The molecule has 10 heavy (non-hydrogen) atoms. The van der Waals surface area contributed by atoms with E-state index in [1.54, 1.807) is 11.6 Å². The first-order valence-corrected chi connectivity index (χ1v) is 3.22. The molecule has 0 bridgehead atoms. The summed E-state index contributed by atoms with van der Waals surface area (Å²) in [5.41, 5.74) is 0. The lowest BCUT2D eigenvalue weighted by Crippen LogP contribution is -1.75. The van der Waals surface area contributed by atoms with Gasteiger partial charge in [0.1, 0.15) is 0 Å². The molecule has 1 heteroatoms. The number of rotatable bonds is 0. The minimum absolute atomic E-state index is 0.413. The maximum atomic E-state index is 7.65. The Morgan fingerprint density at radius 2 is 1.70 bits per heavy atom. The molecule has 0 radical (unpaired) electrons. The summed E-state index contributed by atoms with van der Waals surface area (Å²) in [7, 11) is 1.74. The summed E-state index contributed by atoms with van der Waals surface area (Å²) >= 11 is 0. The molecule has 0 spiro atoms. The summed E-state index contributed by atoms with van der Waals surface area (Å²) in [6.45, 7) is 0. The number of fused-ring (bicyclic) bond motifs is 1. The normalized spacial score (nSPS) is 13.3. The minimum Gasteiger partial charge on any atom is -0.356 e. The average molecular weight is 133 g/mol. The van der Waals surface area contributed by atoms with Crippen LogP contribution < -0.4 is 0 Å². The van der Waals surface area contributed by atoms with Crippen molar-refractivity contribution >= 4 is 10.8 Å². The molecule has 1 nitrogen and oxygen atoms in total. The molecule has 1 aromatic carbocycles. The fourth-order valence-electron chi connectivity index (χ4n) is 1.07. The smallest absolute Gasteiger partial charge is 0.0824 e. The van der Waals surface area contributed by atoms with E-state index in [9.17, 15) is 0 Å². The molecule has 50 valence electrons. The monoisotopic (exact) mass is 133 g/mol. The molecular weight excluding hydrogens is 122 g/mol. The van der Waals surface area contributed by atoms with Crippen LogP contribution in [0, 0.1) is 0 Å². The molecule has 2 aromatic rings. The van der Waals surface area contributed by atoms with Crippen molar-refractivity contribution in [1.29, 1.82) is 0 Å². The molecule has 0 atom stereocenters. The van der Waals surface area contributed by atoms with E-state index in [1.807, 2.05) is 24.3 Å². The van der Waals surface area contributed by atoms with Crippen LogP contribution in [-0.4, -0.2) is 4.57 Å². The highest BCUT2D eigenvalue weighted by atomic mass is 14.9. The zero-order valence-corrected chi connectivity index (χ0v) is 5.76. The Hall–Kier alpha value is -1.24. The van der Waals surface area contributed by atoms with Gasteiger partial charge in [0.2, 0.25) is 0 Å². The first-order chi connectivity index (χ1) is 5.72. The van der Waals surface area contributed by atoms with Crippen molar-refractivity contribution in [3.8, 4) is 0 Å². The van der Waals surface area contributed by atoms with Crippen LogP contribution in [0.25, 0.3) is 10.8 Å². The summed E-state index contributed by atoms with van der Waals surface area (Å²) in [6.07, 6.45) is 0.825. The van der Waals surface area contributed by atoms with Gasteiger partial charge in [-0.15, -0.1) is 0 Å². The van der Waals surface area contributed by atoms with E-state index in [4.69, 9.17) is 2.74 Å². The first-order valence-electron chi connectivity index (χ1n) is 4.22. The maximum Gasteiger partial charge on any atom is 0.0824 e. The molecule has 0 amide bonds. The van der Waals surface area contributed by atoms with Crippen LogP contribution in [-0.2, 0) is 7.05 Å².